The number of carbonyl (C=O) groups is 2. The average molecular weight is 535 g/mol. The van der Waals surface area contributed by atoms with E-state index in [1.165, 1.54) is 0 Å². The Hall–Kier alpha value is -3.69. The van der Waals surface area contributed by atoms with Crippen LogP contribution in [-0.2, 0) is 32.8 Å². The summed E-state index contributed by atoms with van der Waals surface area (Å²) >= 11 is 0. The van der Waals surface area contributed by atoms with Crippen molar-refractivity contribution in [3.63, 3.8) is 0 Å². The van der Waals surface area contributed by atoms with Gasteiger partial charge >= 0.3 is 0 Å². The Morgan fingerprint density at radius 2 is 1.92 bits per heavy atom. The summed E-state index contributed by atoms with van der Waals surface area (Å²) in [5, 5.41) is 12.1. The number of aryl methyl sites for hydroxylation is 2. The van der Waals surface area contributed by atoms with Crippen molar-refractivity contribution in [3.8, 4) is 5.75 Å². The molecule has 2 heterocycles. The van der Waals surface area contributed by atoms with Crippen LogP contribution in [0.1, 0.15) is 41.6 Å². The van der Waals surface area contributed by atoms with E-state index in [1.807, 2.05) is 49.4 Å². The number of amides is 2. The van der Waals surface area contributed by atoms with Crippen LogP contribution in [0.25, 0.3) is 0 Å². The number of hydrogen-bond donors (Lipinski definition) is 3. The largest absolute Gasteiger partial charge is 0.497 e. The van der Waals surface area contributed by atoms with Crippen molar-refractivity contribution in [1.82, 2.24) is 20.2 Å². The number of hydrogen-bond acceptors (Lipinski definition) is 6. The molecule has 1 saturated heterocycles. The smallest absolute Gasteiger partial charge is 0.245 e. The van der Waals surface area contributed by atoms with Crippen molar-refractivity contribution in [2.24, 2.45) is 0 Å². The number of likely N-dealkylation sites (tertiary alicyclic amines) is 1. The van der Waals surface area contributed by atoms with E-state index < -0.39 is 11.6 Å². The van der Waals surface area contributed by atoms with E-state index in [2.05, 4.69) is 21.4 Å². The number of nitrogens with one attached hydrogen (secondary N) is 2. The van der Waals surface area contributed by atoms with Crippen LogP contribution in [0.4, 0.5) is 0 Å². The zero-order valence-electron chi connectivity index (χ0n) is 22.7. The highest BCUT2D eigenvalue weighted by molar-refractivity contribution is 5.88. The van der Waals surface area contributed by atoms with E-state index in [0.29, 0.717) is 39.0 Å². The van der Waals surface area contributed by atoms with Crippen molar-refractivity contribution in [3.05, 3.63) is 83.4 Å². The second-order valence-corrected chi connectivity index (χ2v) is 10.0. The molecule has 0 bridgehead atoms. The minimum Gasteiger partial charge on any atom is -0.497 e. The van der Waals surface area contributed by atoms with Crippen molar-refractivity contribution in [2.75, 3.05) is 33.4 Å². The van der Waals surface area contributed by atoms with E-state index >= 15 is 0 Å². The lowest BCUT2D eigenvalue weighted by molar-refractivity contribution is -0.175. The van der Waals surface area contributed by atoms with E-state index in [0.717, 1.165) is 34.6 Å². The van der Waals surface area contributed by atoms with Gasteiger partial charge in [-0.25, -0.2) is 4.98 Å². The van der Waals surface area contributed by atoms with Gasteiger partial charge in [-0.2, -0.15) is 0 Å². The van der Waals surface area contributed by atoms with E-state index in [1.54, 1.807) is 24.5 Å². The van der Waals surface area contributed by atoms with Gasteiger partial charge in [0, 0.05) is 37.9 Å². The summed E-state index contributed by atoms with van der Waals surface area (Å²) in [6.07, 6.45) is 5.81. The van der Waals surface area contributed by atoms with Crippen LogP contribution < -0.4 is 10.1 Å². The molecule has 0 unspecified atom stereocenters. The number of H-pyrrole nitrogens is 1. The van der Waals surface area contributed by atoms with Gasteiger partial charge in [-0.1, -0.05) is 36.4 Å². The summed E-state index contributed by atoms with van der Waals surface area (Å²) < 4.78 is 11.6. The van der Waals surface area contributed by atoms with Crippen molar-refractivity contribution >= 4 is 11.8 Å². The first kappa shape index (κ1) is 28.3. The molecule has 0 radical (unpaired) electrons. The first-order valence-electron chi connectivity index (χ1n) is 13.4. The Labute approximate surface area is 229 Å². The summed E-state index contributed by atoms with van der Waals surface area (Å²) in [6, 6.07) is 14.9. The SMILES string of the molecule is COc1ccc(C[C@@H](NC(=O)CCc2cnc[nH]2)C(=O)N2CC(OCCCCO)(c3ccccc3C)C2)cc1. The van der Waals surface area contributed by atoms with Crippen molar-refractivity contribution in [1.29, 1.82) is 0 Å². The number of rotatable bonds is 14. The topological polar surface area (TPSA) is 117 Å². The number of aliphatic hydroxyl groups excluding tert-OH is 1. The molecule has 1 aliphatic rings. The quantitative estimate of drug-likeness (QED) is 0.274. The van der Waals surface area contributed by atoms with Gasteiger partial charge in [0.05, 0.1) is 26.5 Å². The zero-order chi connectivity index (χ0) is 27.7. The number of nitrogens with zero attached hydrogens (tertiary/aromatic N) is 2. The number of benzene rings is 2. The third-order valence-electron chi connectivity index (χ3n) is 7.18. The summed E-state index contributed by atoms with van der Waals surface area (Å²) in [6.45, 7) is 3.47. The van der Waals surface area contributed by atoms with Crippen LogP contribution in [0.15, 0.2) is 61.1 Å². The minimum atomic E-state index is -0.711. The molecule has 9 heteroatoms. The van der Waals surface area contributed by atoms with Crippen LogP contribution in [0, 0.1) is 6.92 Å². The third kappa shape index (κ3) is 7.25. The highest BCUT2D eigenvalue weighted by Crippen LogP contribution is 2.38. The van der Waals surface area contributed by atoms with Crippen molar-refractivity contribution < 1.29 is 24.2 Å². The monoisotopic (exact) mass is 534 g/mol. The van der Waals surface area contributed by atoms with Crippen LogP contribution in [0.3, 0.4) is 0 Å². The fraction of sp³-hybridized carbons (Fsp3) is 0.433. The first-order valence-corrected chi connectivity index (χ1v) is 13.4. The highest BCUT2D eigenvalue weighted by atomic mass is 16.5. The van der Waals surface area contributed by atoms with Crippen LogP contribution in [0.5, 0.6) is 5.75 Å². The molecule has 3 aromatic rings. The third-order valence-corrected chi connectivity index (χ3v) is 7.18. The van der Waals surface area contributed by atoms with Gasteiger partial charge in [-0.3, -0.25) is 9.59 Å². The molecular formula is C30H38N4O5. The Morgan fingerprint density at radius 3 is 2.59 bits per heavy atom. The molecule has 39 heavy (non-hydrogen) atoms. The minimum absolute atomic E-state index is 0.123. The maximum absolute atomic E-state index is 13.8. The number of ether oxygens (including phenoxy) is 2. The van der Waals surface area contributed by atoms with Gasteiger partial charge in [0.1, 0.15) is 17.4 Å². The fourth-order valence-electron chi connectivity index (χ4n) is 4.98. The molecule has 1 aromatic heterocycles. The summed E-state index contributed by atoms with van der Waals surface area (Å²) in [4.78, 5) is 35.4. The molecule has 208 valence electrons. The van der Waals surface area contributed by atoms with Crippen LogP contribution >= 0.6 is 0 Å². The summed E-state index contributed by atoms with van der Waals surface area (Å²) in [5.74, 6) is 0.403. The number of aliphatic hydroxyl groups is 1. The standard InChI is InChI=1S/C30H38N4O5/c1-22-7-3-4-8-26(22)30(39-16-6-5-15-35)19-34(20-30)29(37)27(17-23-9-12-25(38-2)13-10-23)33-28(36)14-11-24-18-31-21-32-24/h3-4,7-10,12-13,18,21,27,35H,5-6,11,14-17,19-20H2,1-2H3,(H,31,32)(H,33,36)/t27-/m1/s1. The lowest BCUT2D eigenvalue weighted by Crippen LogP contribution is -2.66. The molecule has 3 N–H and O–H groups in total. The number of aromatic nitrogens is 2. The molecular weight excluding hydrogens is 496 g/mol. The predicted molar refractivity (Wildman–Crippen MR) is 147 cm³/mol. The number of methoxy groups -OCH3 is 1. The number of aromatic amines is 1. The predicted octanol–water partition coefficient (Wildman–Crippen LogP) is 2.91. The maximum Gasteiger partial charge on any atom is 0.245 e. The maximum atomic E-state index is 13.8. The number of imidazole rings is 1. The van der Waals surface area contributed by atoms with E-state index in [-0.39, 0.29) is 24.8 Å². The summed E-state index contributed by atoms with van der Waals surface area (Å²) in [7, 11) is 1.61. The van der Waals surface area contributed by atoms with Crippen LogP contribution in [0.2, 0.25) is 0 Å². The molecule has 9 nitrogen and oxygen atoms in total. The molecule has 2 aromatic carbocycles. The van der Waals surface area contributed by atoms with Crippen LogP contribution in [-0.4, -0.2) is 71.2 Å². The Morgan fingerprint density at radius 1 is 1.15 bits per heavy atom. The molecule has 0 saturated carbocycles. The average Bonchev–Trinajstić information content (AvgIpc) is 3.45. The van der Waals surface area contributed by atoms with Gasteiger partial charge in [0.2, 0.25) is 11.8 Å². The molecule has 1 fully saturated rings. The fourth-order valence-corrected chi connectivity index (χ4v) is 4.98. The Balaban J connectivity index is 1.48. The molecule has 4 rings (SSSR count). The Kier molecular flexibility index (Phi) is 9.73. The van der Waals surface area contributed by atoms with E-state index in [4.69, 9.17) is 14.6 Å². The number of carbonyl (C=O) groups excluding carboxylic acids is 2. The molecule has 0 aliphatic carbocycles. The second-order valence-electron chi connectivity index (χ2n) is 10.0. The van der Waals surface area contributed by atoms with Gasteiger partial charge in [0.25, 0.3) is 0 Å². The van der Waals surface area contributed by atoms with Gasteiger partial charge < -0.3 is 29.8 Å². The molecule has 0 spiro atoms. The molecule has 1 atom stereocenters. The lowest BCUT2D eigenvalue weighted by Gasteiger charge is -2.51. The van der Waals surface area contributed by atoms with Gasteiger partial charge in [-0.05, 0) is 55.0 Å². The lowest BCUT2D eigenvalue weighted by atomic mass is 9.82. The first-order chi connectivity index (χ1) is 18.9. The zero-order valence-corrected chi connectivity index (χ0v) is 22.7. The number of unbranched alkanes of at least 4 members (excludes halogenated alkanes) is 1. The highest BCUT2D eigenvalue weighted by Gasteiger charge is 2.49. The van der Waals surface area contributed by atoms with E-state index in [9.17, 15) is 9.59 Å². The molecule has 2 amide bonds. The summed E-state index contributed by atoms with van der Waals surface area (Å²) in [5.41, 5.74) is 3.36. The second kappa shape index (κ2) is 13.4. The van der Waals surface area contributed by atoms with Gasteiger partial charge in [0.15, 0.2) is 0 Å². The van der Waals surface area contributed by atoms with Crippen molar-refractivity contribution in [2.45, 2.75) is 50.7 Å². The molecule has 1 aliphatic heterocycles. The van der Waals surface area contributed by atoms with Gasteiger partial charge in [-0.15, -0.1) is 0 Å². The Bertz CT molecular complexity index is 1210. The normalized spacial score (nSPS) is 14.9.